The van der Waals surface area contributed by atoms with E-state index in [2.05, 4.69) is 10.6 Å². The number of amides is 1. The van der Waals surface area contributed by atoms with Crippen molar-refractivity contribution in [1.29, 1.82) is 0 Å². The average molecular weight is 456 g/mol. The van der Waals surface area contributed by atoms with Crippen LogP contribution in [0.3, 0.4) is 0 Å². The Morgan fingerprint density at radius 1 is 1.00 bits per heavy atom. The third-order valence-electron chi connectivity index (χ3n) is 7.51. The molecular weight excluding hydrogens is 423 g/mol. The highest BCUT2D eigenvalue weighted by atomic mass is 32.1. The Bertz CT molecular complexity index is 750. The molecule has 0 aromatic rings. The molecule has 4 nitrogen and oxygen atoms in total. The molecule has 31 heavy (non-hydrogen) atoms. The molecule has 8 heteroatoms. The molecule has 0 aromatic carbocycles. The summed E-state index contributed by atoms with van der Waals surface area (Å²) in [6, 6.07) is -0.636. The highest BCUT2D eigenvalue weighted by molar-refractivity contribution is 7.80. The van der Waals surface area contributed by atoms with Gasteiger partial charge < -0.3 is 15.5 Å². The minimum Gasteiger partial charge on any atom is -0.352 e. The maximum absolute atomic E-state index is 13.2. The smallest absolute Gasteiger partial charge is 0.352 e. The summed E-state index contributed by atoms with van der Waals surface area (Å²) in [6.45, 7) is 0.672. The molecule has 2 saturated carbocycles. The number of nitrogens with zero attached hydrogens (tertiary/aromatic N) is 1. The van der Waals surface area contributed by atoms with Crippen molar-refractivity contribution in [2.45, 2.75) is 82.8 Å². The van der Waals surface area contributed by atoms with Gasteiger partial charge in [-0.3, -0.25) is 4.79 Å². The SMILES string of the molecule is O=C1CCC(C2C=C(C(F)(F)F)NC(=S)N2)=CN1CC1CCC(C2CCCCC2)CC1. The molecule has 2 aliphatic carbocycles. The van der Waals surface area contributed by atoms with Crippen LogP contribution in [-0.4, -0.2) is 34.7 Å². The maximum Gasteiger partial charge on any atom is 0.431 e. The van der Waals surface area contributed by atoms with Gasteiger partial charge >= 0.3 is 6.18 Å². The Balaban J connectivity index is 1.38. The Morgan fingerprint density at radius 2 is 1.68 bits per heavy atom. The Labute approximate surface area is 187 Å². The highest BCUT2D eigenvalue weighted by Gasteiger charge is 2.38. The molecule has 1 unspecified atom stereocenters. The van der Waals surface area contributed by atoms with Gasteiger partial charge in [0.05, 0.1) is 6.04 Å². The van der Waals surface area contributed by atoms with Crippen LogP contribution >= 0.6 is 12.2 Å². The Kier molecular flexibility index (Phi) is 6.94. The molecule has 1 amide bonds. The van der Waals surface area contributed by atoms with E-state index in [0.717, 1.165) is 36.3 Å². The van der Waals surface area contributed by atoms with Crippen molar-refractivity contribution in [2.75, 3.05) is 6.54 Å². The lowest BCUT2D eigenvalue weighted by molar-refractivity contribution is -0.130. The molecule has 0 spiro atoms. The minimum atomic E-state index is -4.48. The van der Waals surface area contributed by atoms with Gasteiger partial charge in [0.1, 0.15) is 5.70 Å². The minimum absolute atomic E-state index is 0.0368. The van der Waals surface area contributed by atoms with Crippen molar-refractivity contribution in [3.05, 3.63) is 23.5 Å². The van der Waals surface area contributed by atoms with Gasteiger partial charge in [-0.1, -0.05) is 32.1 Å². The van der Waals surface area contributed by atoms with Crippen LogP contribution in [-0.2, 0) is 4.79 Å². The fraction of sp³-hybridized carbons (Fsp3) is 0.739. The third kappa shape index (κ3) is 5.62. The third-order valence-corrected chi connectivity index (χ3v) is 7.73. The standard InChI is InChI=1S/C23H32F3N3OS/c24-23(25,26)20-12-19(27-22(31)28-20)18-10-11-21(30)29(14-18)13-15-6-8-17(9-7-15)16-4-2-1-3-5-16/h12,14-17,19H,1-11,13H2,(H2,27,28,31). The zero-order valence-corrected chi connectivity index (χ0v) is 18.7. The molecule has 4 rings (SSSR count). The van der Waals surface area contributed by atoms with Crippen LogP contribution < -0.4 is 10.6 Å². The van der Waals surface area contributed by atoms with Gasteiger partial charge in [0, 0.05) is 19.2 Å². The number of halogens is 3. The van der Waals surface area contributed by atoms with Crippen LogP contribution in [0.2, 0.25) is 0 Å². The fourth-order valence-electron chi connectivity index (χ4n) is 5.76. The Morgan fingerprint density at radius 3 is 2.35 bits per heavy atom. The van der Waals surface area contributed by atoms with Crippen LogP contribution in [0, 0.1) is 17.8 Å². The summed E-state index contributed by atoms with van der Waals surface area (Å²) in [6.07, 6.45) is 10.9. The zero-order chi connectivity index (χ0) is 22.0. The molecular formula is C23H32F3N3OS. The van der Waals surface area contributed by atoms with Crippen molar-refractivity contribution in [3.63, 3.8) is 0 Å². The number of alkyl halides is 3. The summed E-state index contributed by atoms with van der Waals surface area (Å²) >= 11 is 4.98. The van der Waals surface area contributed by atoms with E-state index in [1.165, 1.54) is 44.9 Å². The number of carbonyl (C=O) groups excluding carboxylic acids is 1. The van der Waals surface area contributed by atoms with Crippen LogP contribution in [0.25, 0.3) is 0 Å². The van der Waals surface area contributed by atoms with Crippen molar-refractivity contribution >= 4 is 23.2 Å². The topological polar surface area (TPSA) is 44.4 Å². The van der Waals surface area contributed by atoms with E-state index >= 15 is 0 Å². The first-order valence-corrected chi connectivity index (χ1v) is 12.1. The van der Waals surface area contributed by atoms with Crippen molar-refractivity contribution < 1.29 is 18.0 Å². The van der Waals surface area contributed by atoms with Gasteiger partial charge in [0.15, 0.2) is 5.11 Å². The van der Waals surface area contributed by atoms with E-state index in [1.54, 1.807) is 11.1 Å². The number of carbonyl (C=O) groups is 1. The van der Waals surface area contributed by atoms with Gasteiger partial charge in [-0.25, -0.2) is 0 Å². The number of nitrogens with one attached hydrogen (secondary N) is 2. The monoisotopic (exact) mass is 455 g/mol. The molecule has 0 radical (unpaired) electrons. The number of hydrogen-bond acceptors (Lipinski definition) is 2. The summed E-state index contributed by atoms with van der Waals surface area (Å²) < 4.78 is 39.5. The maximum atomic E-state index is 13.2. The molecule has 1 atom stereocenters. The molecule has 0 aromatic heterocycles. The van der Waals surface area contributed by atoms with E-state index in [9.17, 15) is 18.0 Å². The average Bonchev–Trinajstić information content (AvgIpc) is 2.75. The fourth-order valence-corrected chi connectivity index (χ4v) is 6.00. The molecule has 172 valence electrons. The highest BCUT2D eigenvalue weighted by Crippen LogP contribution is 2.40. The molecule has 2 aliphatic heterocycles. The predicted molar refractivity (Wildman–Crippen MR) is 118 cm³/mol. The summed E-state index contributed by atoms with van der Waals surface area (Å²) in [7, 11) is 0. The second-order valence-electron chi connectivity index (χ2n) is 9.58. The van der Waals surface area contributed by atoms with E-state index in [1.807, 2.05) is 0 Å². The second-order valence-corrected chi connectivity index (χ2v) is 9.99. The number of hydrogen-bond donors (Lipinski definition) is 2. The summed E-state index contributed by atoms with van der Waals surface area (Å²) in [5.74, 6) is 2.27. The Hall–Kier alpha value is -1.57. The van der Waals surface area contributed by atoms with Crippen LogP contribution in [0.1, 0.15) is 70.6 Å². The van der Waals surface area contributed by atoms with E-state index in [0.29, 0.717) is 25.3 Å². The van der Waals surface area contributed by atoms with Gasteiger partial charge in [-0.2, -0.15) is 13.2 Å². The molecule has 2 heterocycles. The van der Waals surface area contributed by atoms with Crippen molar-refractivity contribution in [2.24, 2.45) is 17.8 Å². The van der Waals surface area contributed by atoms with E-state index in [-0.39, 0.29) is 11.0 Å². The van der Waals surface area contributed by atoms with Crippen LogP contribution in [0.5, 0.6) is 0 Å². The molecule has 0 bridgehead atoms. The van der Waals surface area contributed by atoms with Gasteiger partial charge in [0.2, 0.25) is 5.91 Å². The van der Waals surface area contributed by atoms with Gasteiger partial charge in [0.25, 0.3) is 0 Å². The van der Waals surface area contributed by atoms with Gasteiger partial charge in [-0.05, 0) is 73.7 Å². The first kappa shape index (κ1) is 22.6. The lowest BCUT2D eigenvalue weighted by atomic mass is 9.71. The van der Waals surface area contributed by atoms with Crippen molar-refractivity contribution in [3.8, 4) is 0 Å². The van der Waals surface area contributed by atoms with Crippen LogP contribution in [0.4, 0.5) is 13.2 Å². The molecule has 2 fully saturated rings. The van der Waals surface area contributed by atoms with Gasteiger partial charge in [-0.15, -0.1) is 0 Å². The number of thiocarbonyl (C=S) groups is 1. The molecule has 2 N–H and O–H groups in total. The van der Waals surface area contributed by atoms with E-state index < -0.39 is 17.9 Å². The zero-order valence-electron chi connectivity index (χ0n) is 17.8. The first-order chi connectivity index (χ1) is 14.8. The second kappa shape index (κ2) is 9.51. The summed E-state index contributed by atoms with van der Waals surface area (Å²) in [5.41, 5.74) is -0.0623. The first-order valence-electron chi connectivity index (χ1n) is 11.7. The summed E-state index contributed by atoms with van der Waals surface area (Å²) in [5, 5.41) is 5.06. The normalized spacial score (nSPS) is 30.9. The summed E-state index contributed by atoms with van der Waals surface area (Å²) in [4.78, 5) is 14.3. The molecule has 0 saturated heterocycles. The largest absolute Gasteiger partial charge is 0.431 e. The number of allylic oxidation sites excluding steroid dienone is 1. The lowest BCUT2D eigenvalue weighted by Gasteiger charge is -2.38. The van der Waals surface area contributed by atoms with Crippen LogP contribution in [0.15, 0.2) is 23.5 Å². The molecule has 4 aliphatic rings. The number of rotatable bonds is 4. The lowest BCUT2D eigenvalue weighted by Crippen LogP contribution is -2.50. The quantitative estimate of drug-likeness (QED) is 0.574. The predicted octanol–water partition coefficient (Wildman–Crippen LogP) is 5.17. The van der Waals surface area contributed by atoms with E-state index in [4.69, 9.17) is 12.2 Å². The van der Waals surface area contributed by atoms with Crippen molar-refractivity contribution in [1.82, 2.24) is 15.5 Å².